The zero-order chi connectivity index (χ0) is 15.2. The average molecular weight is 368 g/mol. The highest BCUT2D eigenvalue weighted by Gasteiger charge is 2.14. The standard InChI is InChI=1S/C17H22BrNOS/c1-4-9-19-15(17-8-5-12(2)21-17)11-13-6-7-16(20-3)14(18)10-13/h5-8,10,15,19H,4,9,11H2,1-3H3. The number of ether oxygens (including phenoxy) is 1. The number of rotatable bonds is 7. The number of aryl methyl sites for hydroxylation is 1. The van der Waals surface area contributed by atoms with E-state index in [9.17, 15) is 0 Å². The van der Waals surface area contributed by atoms with Crippen LogP contribution in [0.15, 0.2) is 34.8 Å². The van der Waals surface area contributed by atoms with Crippen LogP contribution < -0.4 is 10.1 Å². The third-order valence-electron chi connectivity index (χ3n) is 3.40. The van der Waals surface area contributed by atoms with Gasteiger partial charge in [0.1, 0.15) is 5.75 Å². The number of halogens is 1. The molecule has 1 aromatic heterocycles. The van der Waals surface area contributed by atoms with Gasteiger partial charge >= 0.3 is 0 Å². The Labute approximate surface area is 139 Å². The topological polar surface area (TPSA) is 21.3 Å². The van der Waals surface area contributed by atoms with E-state index in [-0.39, 0.29) is 0 Å². The van der Waals surface area contributed by atoms with Crippen molar-refractivity contribution in [3.63, 3.8) is 0 Å². The molecule has 2 nitrogen and oxygen atoms in total. The van der Waals surface area contributed by atoms with Crippen LogP contribution in [0, 0.1) is 6.92 Å². The Balaban J connectivity index is 2.16. The van der Waals surface area contributed by atoms with Crippen LogP contribution in [-0.4, -0.2) is 13.7 Å². The maximum Gasteiger partial charge on any atom is 0.133 e. The normalized spacial score (nSPS) is 12.4. The van der Waals surface area contributed by atoms with Gasteiger partial charge in [-0.3, -0.25) is 0 Å². The molecule has 114 valence electrons. The maximum atomic E-state index is 5.30. The first-order chi connectivity index (χ1) is 10.1. The minimum atomic E-state index is 0.379. The number of methoxy groups -OCH3 is 1. The van der Waals surface area contributed by atoms with E-state index in [0.29, 0.717) is 6.04 Å². The molecule has 0 spiro atoms. The zero-order valence-corrected chi connectivity index (χ0v) is 15.2. The first-order valence-corrected chi connectivity index (χ1v) is 8.87. The van der Waals surface area contributed by atoms with E-state index in [2.05, 4.69) is 59.4 Å². The van der Waals surface area contributed by atoms with E-state index >= 15 is 0 Å². The molecule has 0 radical (unpaired) electrons. The van der Waals surface area contributed by atoms with Crippen molar-refractivity contribution in [3.8, 4) is 5.75 Å². The Kier molecular flexibility index (Phi) is 6.27. The van der Waals surface area contributed by atoms with E-state index in [1.54, 1.807) is 7.11 Å². The Hall–Kier alpha value is -0.840. The van der Waals surface area contributed by atoms with Crippen molar-refractivity contribution in [2.24, 2.45) is 0 Å². The molecule has 4 heteroatoms. The second kappa shape index (κ2) is 7.97. The van der Waals surface area contributed by atoms with E-state index in [1.807, 2.05) is 17.4 Å². The molecule has 0 aliphatic heterocycles. The largest absolute Gasteiger partial charge is 0.496 e. The van der Waals surface area contributed by atoms with Gasteiger partial charge in [0.25, 0.3) is 0 Å². The molecule has 0 saturated heterocycles. The summed E-state index contributed by atoms with van der Waals surface area (Å²) in [6, 6.07) is 11.1. The summed E-state index contributed by atoms with van der Waals surface area (Å²) in [5.41, 5.74) is 1.31. The van der Waals surface area contributed by atoms with Crippen LogP contribution in [0.3, 0.4) is 0 Å². The quantitative estimate of drug-likeness (QED) is 0.733. The highest BCUT2D eigenvalue weighted by atomic mass is 79.9. The molecule has 1 N–H and O–H groups in total. The van der Waals surface area contributed by atoms with Gasteiger partial charge < -0.3 is 10.1 Å². The molecule has 21 heavy (non-hydrogen) atoms. The van der Waals surface area contributed by atoms with Crippen LogP contribution in [0.5, 0.6) is 5.75 Å². The number of thiophene rings is 1. The van der Waals surface area contributed by atoms with Crippen LogP contribution in [0.1, 0.15) is 34.7 Å². The van der Waals surface area contributed by atoms with Crippen molar-refractivity contribution in [1.82, 2.24) is 5.32 Å². The number of hydrogen-bond acceptors (Lipinski definition) is 3. The van der Waals surface area contributed by atoms with E-state index in [0.717, 1.165) is 29.6 Å². The van der Waals surface area contributed by atoms with Gasteiger partial charge in [0.2, 0.25) is 0 Å². The average Bonchev–Trinajstić information content (AvgIpc) is 2.90. The van der Waals surface area contributed by atoms with Gasteiger partial charge in [-0.15, -0.1) is 11.3 Å². The van der Waals surface area contributed by atoms with E-state index in [4.69, 9.17) is 4.74 Å². The second-order valence-electron chi connectivity index (χ2n) is 5.13. The molecule has 0 saturated carbocycles. The summed E-state index contributed by atoms with van der Waals surface area (Å²) < 4.78 is 6.31. The smallest absolute Gasteiger partial charge is 0.133 e. The Bertz CT molecular complexity index is 582. The highest BCUT2D eigenvalue weighted by molar-refractivity contribution is 9.10. The summed E-state index contributed by atoms with van der Waals surface area (Å²) in [4.78, 5) is 2.78. The molecule has 2 rings (SSSR count). The second-order valence-corrected chi connectivity index (χ2v) is 7.30. The van der Waals surface area contributed by atoms with Crippen LogP contribution in [-0.2, 0) is 6.42 Å². The first kappa shape index (κ1) is 16.5. The van der Waals surface area contributed by atoms with Gasteiger partial charge in [-0.2, -0.15) is 0 Å². The van der Waals surface area contributed by atoms with Crippen molar-refractivity contribution in [1.29, 1.82) is 0 Å². The molecule has 0 aliphatic carbocycles. The van der Waals surface area contributed by atoms with Gasteiger partial charge in [-0.05, 0) is 72.1 Å². The van der Waals surface area contributed by atoms with Crippen molar-refractivity contribution in [2.75, 3.05) is 13.7 Å². The van der Waals surface area contributed by atoms with Crippen molar-refractivity contribution in [3.05, 3.63) is 50.1 Å². The molecule has 1 atom stereocenters. The Morgan fingerprint density at radius 1 is 1.29 bits per heavy atom. The Morgan fingerprint density at radius 3 is 2.67 bits per heavy atom. The SMILES string of the molecule is CCCNC(Cc1ccc(OC)c(Br)c1)c1ccc(C)s1. The fraction of sp³-hybridized carbons (Fsp3) is 0.412. The summed E-state index contributed by atoms with van der Waals surface area (Å²) in [5, 5.41) is 3.66. The molecule has 0 amide bonds. The van der Waals surface area contributed by atoms with Crippen LogP contribution in [0.4, 0.5) is 0 Å². The Morgan fingerprint density at radius 2 is 2.10 bits per heavy atom. The van der Waals surface area contributed by atoms with E-state index in [1.165, 1.54) is 15.3 Å². The summed E-state index contributed by atoms with van der Waals surface area (Å²) >= 11 is 5.45. The maximum absolute atomic E-state index is 5.30. The lowest BCUT2D eigenvalue weighted by atomic mass is 10.0. The van der Waals surface area contributed by atoms with Crippen LogP contribution in [0.2, 0.25) is 0 Å². The molecule has 1 heterocycles. The number of hydrogen-bond donors (Lipinski definition) is 1. The fourth-order valence-electron chi connectivity index (χ4n) is 2.31. The first-order valence-electron chi connectivity index (χ1n) is 7.26. The molecule has 0 aliphatic rings. The summed E-state index contributed by atoms with van der Waals surface area (Å²) in [6.07, 6.45) is 2.13. The van der Waals surface area contributed by atoms with Gasteiger partial charge in [0.05, 0.1) is 11.6 Å². The zero-order valence-electron chi connectivity index (χ0n) is 12.8. The van der Waals surface area contributed by atoms with Gasteiger partial charge in [0, 0.05) is 15.8 Å². The van der Waals surface area contributed by atoms with E-state index < -0.39 is 0 Å². The molecule has 0 bridgehead atoms. The molecular formula is C17H22BrNOS. The monoisotopic (exact) mass is 367 g/mol. The van der Waals surface area contributed by atoms with Gasteiger partial charge in [-0.1, -0.05) is 13.0 Å². The lowest BCUT2D eigenvalue weighted by Crippen LogP contribution is -2.23. The third-order valence-corrected chi connectivity index (χ3v) is 5.14. The van der Waals surface area contributed by atoms with Crippen molar-refractivity contribution in [2.45, 2.75) is 32.7 Å². The van der Waals surface area contributed by atoms with Crippen molar-refractivity contribution >= 4 is 27.3 Å². The minimum absolute atomic E-state index is 0.379. The van der Waals surface area contributed by atoms with Crippen molar-refractivity contribution < 1.29 is 4.74 Å². The van der Waals surface area contributed by atoms with Crippen LogP contribution in [0.25, 0.3) is 0 Å². The summed E-state index contributed by atoms with van der Waals surface area (Å²) in [6.45, 7) is 5.40. The number of nitrogens with one attached hydrogen (secondary N) is 1. The summed E-state index contributed by atoms with van der Waals surface area (Å²) in [7, 11) is 1.69. The molecule has 1 unspecified atom stereocenters. The van der Waals surface area contributed by atoms with Crippen LogP contribution >= 0.6 is 27.3 Å². The number of benzene rings is 1. The third kappa shape index (κ3) is 4.56. The predicted octanol–water partition coefficient (Wildman–Crippen LogP) is 5.11. The lowest BCUT2D eigenvalue weighted by Gasteiger charge is -2.18. The fourth-order valence-corrected chi connectivity index (χ4v) is 3.85. The minimum Gasteiger partial charge on any atom is -0.496 e. The molecule has 1 aromatic carbocycles. The summed E-state index contributed by atoms with van der Waals surface area (Å²) in [5.74, 6) is 0.879. The lowest BCUT2D eigenvalue weighted by molar-refractivity contribution is 0.412. The highest BCUT2D eigenvalue weighted by Crippen LogP contribution is 2.30. The molecule has 2 aromatic rings. The van der Waals surface area contributed by atoms with Gasteiger partial charge in [-0.25, -0.2) is 0 Å². The molecular weight excluding hydrogens is 346 g/mol. The van der Waals surface area contributed by atoms with Gasteiger partial charge in [0.15, 0.2) is 0 Å². The molecule has 0 fully saturated rings. The predicted molar refractivity (Wildman–Crippen MR) is 94.5 cm³/mol.